The lowest BCUT2D eigenvalue weighted by molar-refractivity contribution is 0.660. The molecule has 2 heteroatoms. The summed E-state index contributed by atoms with van der Waals surface area (Å²) in [5.74, 6) is 0.710. The Balaban J connectivity index is 1.11. The monoisotopic (exact) mass is 607 g/mol. The van der Waals surface area contributed by atoms with E-state index in [0.29, 0.717) is 11.8 Å². The molecule has 0 aliphatic heterocycles. The molecule has 0 radical (unpaired) electrons. The fourth-order valence-corrected chi connectivity index (χ4v) is 8.97. The molecular formula is C44H33NS. The molecule has 46 heavy (non-hydrogen) atoms. The van der Waals surface area contributed by atoms with E-state index in [1.807, 2.05) is 18.0 Å². The molecule has 0 bridgehead atoms. The first-order chi connectivity index (χ1) is 22.6. The maximum Gasteiger partial charge on any atom is 0.0353 e. The van der Waals surface area contributed by atoms with Crippen LogP contribution in [0.3, 0.4) is 0 Å². The topological polar surface area (TPSA) is 12.9 Å². The van der Waals surface area contributed by atoms with Gasteiger partial charge in [-0.05, 0) is 84.9 Å². The van der Waals surface area contributed by atoms with Crippen LogP contribution in [0, 0.1) is 11.8 Å². The van der Waals surface area contributed by atoms with Crippen LogP contribution in [0.15, 0.2) is 162 Å². The molecule has 2 atom stereocenters. The normalized spacial score (nSPS) is 18.8. The second-order valence-electron chi connectivity index (χ2n) is 13.1. The number of aromatic nitrogens is 1. The molecule has 0 saturated carbocycles. The highest BCUT2D eigenvalue weighted by Gasteiger charge is 2.35. The molecule has 0 fully saturated rings. The number of pyridine rings is 1. The van der Waals surface area contributed by atoms with Gasteiger partial charge in [-0.1, -0.05) is 141 Å². The van der Waals surface area contributed by atoms with Gasteiger partial charge in [-0.2, -0.15) is 0 Å². The van der Waals surface area contributed by atoms with Gasteiger partial charge in [0.25, 0.3) is 0 Å². The van der Waals surface area contributed by atoms with Gasteiger partial charge in [-0.3, -0.25) is 4.98 Å². The Morgan fingerprint density at radius 1 is 0.630 bits per heavy atom. The van der Waals surface area contributed by atoms with Crippen molar-refractivity contribution in [2.24, 2.45) is 11.8 Å². The average Bonchev–Trinajstić information content (AvgIpc) is 3.34. The van der Waals surface area contributed by atoms with Crippen molar-refractivity contribution in [1.29, 1.82) is 0 Å². The fraction of sp³-hybridized carbons (Fsp3) is 0.114. The first-order valence-corrected chi connectivity index (χ1v) is 16.9. The second-order valence-corrected chi connectivity index (χ2v) is 14.2. The van der Waals surface area contributed by atoms with Gasteiger partial charge >= 0.3 is 0 Å². The van der Waals surface area contributed by atoms with Crippen LogP contribution < -0.4 is 0 Å². The summed E-state index contributed by atoms with van der Waals surface area (Å²) in [4.78, 5) is 7.15. The van der Waals surface area contributed by atoms with Crippen molar-refractivity contribution in [2.75, 3.05) is 0 Å². The van der Waals surface area contributed by atoms with E-state index in [9.17, 15) is 0 Å². The summed E-state index contributed by atoms with van der Waals surface area (Å²) < 4.78 is 0. The lowest BCUT2D eigenvalue weighted by Gasteiger charge is -2.29. The van der Waals surface area contributed by atoms with Gasteiger partial charge in [0.1, 0.15) is 0 Å². The largest absolute Gasteiger partial charge is 0.264 e. The van der Waals surface area contributed by atoms with E-state index in [0.717, 1.165) is 0 Å². The van der Waals surface area contributed by atoms with E-state index in [1.165, 1.54) is 75.9 Å². The summed E-state index contributed by atoms with van der Waals surface area (Å²) in [6, 6.07) is 36.1. The lowest BCUT2D eigenvalue weighted by atomic mass is 9.75. The predicted octanol–water partition coefficient (Wildman–Crippen LogP) is 11.8. The standard InChI is InChI=1S/C44H33NS/c1-44(2)40-17-8-7-13-33(40)34-23-20-30(26-41(34)44)28-18-21-31(22-19-28)46-43-37-15-6-5-14-36(37)42(39-27-45-25-24-38(39)43)35-16-9-11-29-10-3-4-12-32(29)35/h3-27,29,32H,1-2H3. The van der Waals surface area contributed by atoms with Crippen LogP contribution in [0.1, 0.15) is 30.5 Å². The molecule has 3 aliphatic carbocycles. The molecule has 1 nitrogen and oxygen atoms in total. The third kappa shape index (κ3) is 4.21. The maximum atomic E-state index is 4.63. The van der Waals surface area contributed by atoms with E-state index < -0.39 is 0 Å². The fourth-order valence-electron chi connectivity index (χ4n) is 7.89. The van der Waals surface area contributed by atoms with E-state index in [2.05, 4.69) is 165 Å². The van der Waals surface area contributed by atoms with Gasteiger partial charge in [-0.25, -0.2) is 0 Å². The van der Waals surface area contributed by atoms with Gasteiger partial charge in [0, 0.05) is 44.8 Å². The summed E-state index contributed by atoms with van der Waals surface area (Å²) in [6.07, 6.45) is 19.9. The van der Waals surface area contributed by atoms with Crippen LogP contribution in [0.4, 0.5) is 0 Å². The van der Waals surface area contributed by atoms with Crippen molar-refractivity contribution >= 4 is 38.9 Å². The summed E-state index contributed by atoms with van der Waals surface area (Å²) in [5.41, 5.74) is 10.7. The molecular weight excluding hydrogens is 575 g/mol. The van der Waals surface area contributed by atoms with Gasteiger partial charge in [-0.15, -0.1) is 0 Å². The van der Waals surface area contributed by atoms with Crippen LogP contribution in [-0.2, 0) is 5.41 Å². The Morgan fingerprint density at radius 3 is 2.24 bits per heavy atom. The number of allylic oxidation sites excluding steroid dienone is 8. The van der Waals surface area contributed by atoms with Gasteiger partial charge in [0.05, 0.1) is 0 Å². The highest BCUT2D eigenvalue weighted by molar-refractivity contribution is 7.99. The molecule has 0 saturated heterocycles. The highest BCUT2D eigenvalue weighted by atomic mass is 32.2. The molecule has 3 aliphatic rings. The molecule has 5 aromatic carbocycles. The maximum absolute atomic E-state index is 4.63. The van der Waals surface area contributed by atoms with Gasteiger partial charge < -0.3 is 0 Å². The number of benzene rings is 5. The van der Waals surface area contributed by atoms with Crippen molar-refractivity contribution < 1.29 is 0 Å². The zero-order valence-electron chi connectivity index (χ0n) is 25.9. The minimum absolute atomic E-state index is 0.00426. The molecule has 0 N–H and O–H groups in total. The Morgan fingerprint density at radius 2 is 1.35 bits per heavy atom. The molecule has 0 amide bonds. The Kier molecular flexibility index (Phi) is 6.30. The van der Waals surface area contributed by atoms with Crippen molar-refractivity contribution in [3.8, 4) is 22.3 Å². The van der Waals surface area contributed by atoms with E-state index in [-0.39, 0.29) is 5.41 Å². The third-order valence-electron chi connectivity index (χ3n) is 10.2. The summed E-state index contributed by atoms with van der Waals surface area (Å²) >= 11 is 1.85. The molecule has 1 aromatic heterocycles. The first-order valence-electron chi connectivity index (χ1n) is 16.1. The third-order valence-corrected chi connectivity index (χ3v) is 11.4. The number of hydrogen-bond donors (Lipinski definition) is 0. The van der Waals surface area contributed by atoms with Crippen LogP contribution >= 0.6 is 11.8 Å². The van der Waals surface area contributed by atoms with Crippen molar-refractivity contribution in [1.82, 2.24) is 4.98 Å². The number of rotatable bonds is 4. The van der Waals surface area contributed by atoms with Crippen molar-refractivity contribution in [3.05, 3.63) is 169 Å². The van der Waals surface area contributed by atoms with Crippen molar-refractivity contribution in [3.63, 3.8) is 0 Å². The highest BCUT2D eigenvalue weighted by Crippen LogP contribution is 2.50. The minimum Gasteiger partial charge on any atom is -0.264 e. The zero-order chi connectivity index (χ0) is 30.8. The Hall–Kier alpha value is -4.92. The molecule has 1 heterocycles. The predicted molar refractivity (Wildman–Crippen MR) is 195 cm³/mol. The smallest absolute Gasteiger partial charge is 0.0353 e. The van der Waals surface area contributed by atoms with Gasteiger partial charge in [0.2, 0.25) is 0 Å². The van der Waals surface area contributed by atoms with Crippen LogP contribution in [0.25, 0.3) is 49.4 Å². The lowest BCUT2D eigenvalue weighted by Crippen LogP contribution is -2.15. The van der Waals surface area contributed by atoms with E-state index in [4.69, 9.17) is 0 Å². The number of hydrogen-bond acceptors (Lipinski definition) is 2. The summed E-state index contributed by atoms with van der Waals surface area (Å²) in [5, 5.41) is 5.03. The average molecular weight is 608 g/mol. The zero-order valence-corrected chi connectivity index (χ0v) is 26.8. The van der Waals surface area contributed by atoms with E-state index >= 15 is 0 Å². The second kappa shape index (κ2) is 10.6. The molecule has 9 rings (SSSR count). The van der Waals surface area contributed by atoms with Crippen LogP contribution in [0.5, 0.6) is 0 Å². The Labute approximate surface area is 274 Å². The minimum atomic E-state index is -0.00426. The van der Waals surface area contributed by atoms with Crippen LogP contribution in [-0.4, -0.2) is 4.98 Å². The SMILES string of the molecule is CC1(C)c2ccccc2-c2ccc(-c3ccc(Sc4c5ccccc5c(C5=CC=CC6C=CC=CC56)c5cnccc45)cc3)cc21. The van der Waals surface area contributed by atoms with Gasteiger partial charge in [0.15, 0.2) is 0 Å². The van der Waals surface area contributed by atoms with Crippen molar-refractivity contribution in [2.45, 2.75) is 29.1 Å². The van der Waals surface area contributed by atoms with Crippen LogP contribution in [0.2, 0.25) is 0 Å². The summed E-state index contributed by atoms with van der Waals surface area (Å²) in [6.45, 7) is 4.69. The molecule has 0 spiro atoms. The number of fused-ring (bicyclic) bond motifs is 6. The molecule has 6 aromatic rings. The first kappa shape index (κ1) is 27.4. The molecule has 220 valence electrons. The summed E-state index contributed by atoms with van der Waals surface area (Å²) in [7, 11) is 0. The van der Waals surface area contributed by atoms with E-state index in [1.54, 1.807) is 0 Å². The Bertz CT molecular complexity index is 2260. The number of nitrogens with zero attached hydrogens (tertiary/aromatic N) is 1. The quantitative estimate of drug-likeness (QED) is 0.185. The molecule has 2 unspecified atom stereocenters.